The molecule has 4 heteroatoms. The number of carbonyl (C=O) groups excluding carboxylic acids is 1. The summed E-state index contributed by atoms with van der Waals surface area (Å²) in [6, 6.07) is 9.77. The zero-order valence-corrected chi connectivity index (χ0v) is 12.8. The third-order valence-electron chi connectivity index (χ3n) is 3.60. The summed E-state index contributed by atoms with van der Waals surface area (Å²) in [5.41, 5.74) is 9.68. The summed E-state index contributed by atoms with van der Waals surface area (Å²) in [4.78, 5) is 12.2. The van der Waals surface area contributed by atoms with E-state index in [4.69, 9.17) is 5.73 Å². The van der Waals surface area contributed by atoms with Gasteiger partial charge in [-0.25, -0.2) is 0 Å². The quantitative estimate of drug-likeness (QED) is 0.796. The minimum Gasteiger partial charge on any atom is -0.399 e. The van der Waals surface area contributed by atoms with Gasteiger partial charge in [-0.3, -0.25) is 9.48 Å². The summed E-state index contributed by atoms with van der Waals surface area (Å²) in [7, 11) is 0. The van der Waals surface area contributed by atoms with Gasteiger partial charge in [0.2, 0.25) is 0 Å². The van der Waals surface area contributed by atoms with E-state index in [9.17, 15) is 4.79 Å². The van der Waals surface area contributed by atoms with Crippen LogP contribution in [0.1, 0.15) is 37.2 Å². The number of benzene rings is 1. The number of nitrogen functional groups attached to an aromatic ring is 1. The highest BCUT2D eigenvalue weighted by molar-refractivity contribution is 5.80. The van der Waals surface area contributed by atoms with Gasteiger partial charge < -0.3 is 5.73 Å². The van der Waals surface area contributed by atoms with E-state index in [1.165, 1.54) is 0 Å². The van der Waals surface area contributed by atoms with Gasteiger partial charge in [-0.2, -0.15) is 5.10 Å². The molecule has 21 heavy (non-hydrogen) atoms. The van der Waals surface area contributed by atoms with Crippen LogP contribution in [0.15, 0.2) is 30.3 Å². The lowest BCUT2D eigenvalue weighted by atomic mass is 10.0. The van der Waals surface area contributed by atoms with Crippen molar-refractivity contribution in [3.05, 3.63) is 47.3 Å². The summed E-state index contributed by atoms with van der Waals surface area (Å²) in [6.07, 6.45) is 2.64. The van der Waals surface area contributed by atoms with E-state index in [2.05, 4.69) is 12.0 Å². The molecule has 0 aliphatic heterocycles. The van der Waals surface area contributed by atoms with Gasteiger partial charge in [0.25, 0.3) is 0 Å². The molecule has 2 rings (SSSR count). The van der Waals surface area contributed by atoms with Gasteiger partial charge in [0.15, 0.2) is 0 Å². The number of hydrogen-bond donors (Lipinski definition) is 1. The molecular weight excluding hydrogens is 262 g/mol. The Morgan fingerprint density at radius 1 is 1.29 bits per heavy atom. The number of nitrogens with zero attached hydrogens (tertiary/aromatic N) is 2. The molecule has 1 aromatic heterocycles. The van der Waals surface area contributed by atoms with Gasteiger partial charge in [0.1, 0.15) is 5.78 Å². The van der Waals surface area contributed by atoms with Crippen molar-refractivity contribution in [2.75, 3.05) is 5.73 Å². The van der Waals surface area contributed by atoms with Crippen LogP contribution >= 0.6 is 0 Å². The SMILES string of the molecule is CCc1cc(CC(=O)CCc2cccc(N)c2)n(CC)n1. The Morgan fingerprint density at radius 2 is 2.10 bits per heavy atom. The van der Waals surface area contributed by atoms with Crippen LogP contribution in [0.25, 0.3) is 0 Å². The van der Waals surface area contributed by atoms with E-state index in [-0.39, 0.29) is 5.78 Å². The van der Waals surface area contributed by atoms with Crippen LogP contribution in [0.3, 0.4) is 0 Å². The van der Waals surface area contributed by atoms with Crippen molar-refractivity contribution in [1.29, 1.82) is 0 Å². The maximum Gasteiger partial charge on any atom is 0.139 e. The van der Waals surface area contributed by atoms with Gasteiger partial charge in [0, 0.05) is 30.8 Å². The predicted molar refractivity (Wildman–Crippen MR) is 85.2 cm³/mol. The molecule has 0 fully saturated rings. The first kappa shape index (κ1) is 15.3. The lowest BCUT2D eigenvalue weighted by molar-refractivity contribution is -0.118. The lowest BCUT2D eigenvalue weighted by Gasteiger charge is -2.05. The molecule has 1 heterocycles. The lowest BCUT2D eigenvalue weighted by Crippen LogP contribution is -2.10. The molecule has 112 valence electrons. The first-order chi connectivity index (χ1) is 10.1. The van der Waals surface area contributed by atoms with Crippen LogP contribution in [0.5, 0.6) is 0 Å². The van der Waals surface area contributed by atoms with Crippen molar-refractivity contribution < 1.29 is 4.79 Å². The highest BCUT2D eigenvalue weighted by Gasteiger charge is 2.10. The fourth-order valence-electron chi connectivity index (χ4n) is 2.43. The minimum absolute atomic E-state index is 0.245. The van der Waals surface area contributed by atoms with Crippen molar-refractivity contribution in [2.45, 2.75) is 46.1 Å². The third-order valence-corrected chi connectivity index (χ3v) is 3.60. The second kappa shape index (κ2) is 7.07. The van der Waals surface area contributed by atoms with Crippen LogP contribution in [0.2, 0.25) is 0 Å². The molecule has 2 N–H and O–H groups in total. The number of aromatic nitrogens is 2. The predicted octanol–water partition coefficient (Wildman–Crippen LogP) is 2.79. The monoisotopic (exact) mass is 285 g/mol. The Morgan fingerprint density at radius 3 is 2.76 bits per heavy atom. The van der Waals surface area contributed by atoms with E-state index in [0.717, 1.165) is 42.0 Å². The average molecular weight is 285 g/mol. The Kier molecular flexibility index (Phi) is 5.14. The molecule has 0 atom stereocenters. The second-order valence-corrected chi connectivity index (χ2v) is 5.26. The Bertz CT molecular complexity index is 616. The van der Waals surface area contributed by atoms with E-state index in [0.29, 0.717) is 12.8 Å². The number of hydrogen-bond acceptors (Lipinski definition) is 3. The first-order valence-corrected chi connectivity index (χ1v) is 7.54. The summed E-state index contributed by atoms with van der Waals surface area (Å²) in [5.74, 6) is 0.245. The Hall–Kier alpha value is -2.10. The van der Waals surface area contributed by atoms with Crippen molar-refractivity contribution >= 4 is 11.5 Å². The Labute approximate surface area is 126 Å². The molecule has 2 aromatic rings. The minimum atomic E-state index is 0.245. The summed E-state index contributed by atoms with van der Waals surface area (Å²) < 4.78 is 1.93. The third kappa shape index (κ3) is 4.18. The number of ketones is 1. The molecule has 0 amide bonds. The Balaban J connectivity index is 1.94. The van der Waals surface area contributed by atoms with Crippen LogP contribution in [0.4, 0.5) is 5.69 Å². The molecule has 0 saturated carbocycles. The average Bonchev–Trinajstić information content (AvgIpc) is 2.87. The van der Waals surface area contributed by atoms with Gasteiger partial charge in [-0.1, -0.05) is 19.1 Å². The topological polar surface area (TPSA) is 60.9 Å². The number of rotatable bonds is 7. The van der Waals surface area contributed by atoms with E-state index in [1.807, 2.05) is 41.9 Å². The highest BCUT2D eigenvalue weighted by atomic mass is 16.1. The molecule has 0 unspecified atom stereocenters. The normalized spacial score (nSPS) is 10.8. The molecule has 4 nitrogen and oxygen atoms in total. The molecular formula is C17H23N3O. The summed E-state index contributed by atoms with van der Waals surface area (Å²) >= 11 is 0. The van der Waals surface area contributed by atoms with E-state index in [1.54, 1.807) is 0 Å². The molecule has 0 spiro atoms. The van der Waals surface area contributed by atoms with Gasteiger partial charge in [-0.15, -0.1) is 0 Å². The molecule has 0 aliphatic carbocycles. The maximum atomic E-state index is 12.2. The molecule has 0 bridgehead atoms. The van der Waals surface area contributed by atoms with Crippen LogP contribution in [-0.2, 0) is 30.6 Å². The van der Waals surface area contributed by atoms with Crippen molar-refractivity contribution in [3.63, 3.8) is 0 Å². The number of carbonyl (C=O) groups is 1. The highest BCUT2D eigenvalue weighted by Crippen LogP contribution is 2.11. The van der Waals surface area contributed by atoms with Crippen molar-refractivity contribution in [1.82, 2.24) is 9.78 Å². The molecule has 0 saturated heterocycles. The largest absolute Gasteiger partial charge is 0.399 e. The molecule has 0 aliphatic rings. The number of anilines is 1. The second-order valence-electron chi connectivity index (χ2n) is 5.26. The fourth-order valence-corrected chi connectivity index (χ4v) is 2.43. The zero-order valence-electron chi connectivity index (χ0n) is 12.8. The first-order valence-electron chi connectivity index (χ1n) is 7.54. The van der Waals surface area contributed by atoms with Gasteiger partial charge in [-0.05, 0) is 43.5 Å². The van der Waals surface area contributed by atoms with Crippen LogP contribution in [-0.4, -0.2) is 15.6 Å². The summed E-state index contributed by atoms with van der Waals surface area (Å²) in [5, 5.41) is 4.48. The molecule has 1 aromatic carbocycles. The van der Waals surface area contributed by atoms with E-state index >= 15 is 0 Å². The smallest absolute Gasteiger partial charge is 0.139 e. The number of aryl methyl sites for hydroxylation is 3. The van der Waals surface area contributed by atoms with Gasteiger partial charge in [0.05, 0.1) is 5.69 Å². The zero-order chi connectivity index (χ0) is 15.2. The van der Waals surface area contributed by atoms with Crippen molar-refractivity contribution in [2.24, 2.45) is 0 Å². The fraction of sp³-hybridized carbons (Fsp3) is 0.412. The molecule has 0 radical (unpaired) electrons. The maximum absolute atomic E-state index is 12.2. The van der Waals surface area contributed by atoms with Crippen LogP contribution < -0.4 is 5.73 Å². The van der Waals surface area contributed by atoms with Crippen LogP contribution in [0, 0.1) is 0 Å². The number of nitrogens with two attached hydrogens (primary N) is 1. The number of Topliss-reactive ketones (excluding diaryl/α,β-unsaturated/α-hetero) is 1. The van der Waals surface area contributed by atoms with E-state index < -0.39 is 0 Å². The van der Waals surface area contributed by atoms with Crippen molar-refractivity contribution in [3.8, 4) is 0 Å². The summed E-state index contributed by atoms with van der Waals surface area (Å²) in [6.45, 7) is 4.93. The van der Waals surface area contributed by atoms with Gasteiger partial charge >= 0.3 is 0 Å². The standard InChI is InChI=1S/C17H23N3O/c1-3-15-11-16(20(4-2)19-15)12-17(21)9-8-13-6-5-7-14(18)10-13/h5-7,10-11H,3-4,8-9,12,18H2,1-2H3.